The van der Waals surface area contributed by atoms with E-state index in [0.717, 1.165) is 6.42 Å². The molecule has 0 aliphatic heterocycles. The van der Waals surface area contributed by atoms with E-state index in [-0.39, 0.29) is 17.9 Å². The highest BCUT2D eigenvalue weighted by Gasteiger charge is 2.32. The Morgan fingerprint density at radius 1 is 1.53 bits per heavy atom. The largest absolute Gasteiger partial charge is 0.376 e. The fraction of sp³-hybridized carbons (Fsp3) is 0.417. The van der Waals surface area contributed by atoms with E-state index in [4.69, 9.17) is 10.5 Å². The number of amides is 1. The Morgan fingerprint density at radius 3 is 2.93 bits per heavy atom. The second-order valence-corrected chi connectivity index (χ2v) is 3.99. The van der Waals surface area contributed by atoms with Crippen molar-refractivity contribution in [1.29, 1.82) is 0 Å². The van der Waals surface area contributed by atoms with Gasteiger partial charge in [-0.25, -0.2) is 0 Å². The number of methoxy groups -OCH3 is 1. The van der Waals surface area contributed by atoms with Gasteiger partial charge in [-0.2, -0.15) is 0 Å². The zero-order chi connectivity index (χ0) is 10.8. The van der Waals surface area contributed by atoms with Gasteiger partial charge in [0.15, 0.2) is 0 Å². The Hall–Kier alpha value is -1.35. The number of rotatable bonds is 3. The van der Waals surface area contributed by atoms with Crippen LogP contribution in [0.15, 0.2) is 24.3 Å². The molecule has 2 atom stereocenters. The van der Waals surface area contributed by atoms with E-state index in [1.165, 1.54) is 11.1 Å². The number of fused-ring (bicyclic) bond motifs is 1. The van der Waals surface area contributed by atoms with Crippen molar-refractivity contribution in [1.82, 2.24) is 0 Å². The van der Waals surface area contributed by atoms with Gasteiger partial charge in [0.2, 0.25) is 5.91 Å². The quantitative estimate of drug-likeness (QED) is 0.811. The molecule has 0 heterocycles. The molecule has 0 aromatic heterocycles. The van der Waals surface area contributed by atoms with Crippen LogP contribution in [-0.4, -0.2) is 13.0 Å². The van der Waals surface area contributed by atoms with Gasteiger partial charge >= 0.3 is 0 Å². The van der Waals surface area contributed by atoms with E-state index >= 15 is 0 Å². The second kappa shape index (κ2) is 4.03. The molecule has 0 bridgehead atoms. The molecule has 2 unspecified atom stereocenters. The van der Waals surface area contributed by atoms with Gasteiger partial charge in [-0.15, -0.1) is 0 Å². The molecular weight excluding hydrogens is 190 g/mol. The van der Waals surface area contributed by atoms with Crippen LogP contribution in [0, 0.1) is 5.92 Å². The van der Waals surface area contributed by atoms with Crippen LogP contribution in [0.5, 0.6) is 0 Å². The lowest BCUT2D eigenvalue weighted by atomic mass is 9.99. The third-order valence-corrected chi connectivity index (χ3v) is 2.99. The monoisotopic (exact) mass is 205 g/mol. The van der Waals surface area contributed by atoms with E-state index in [9.17, 15) is 4.79 Å². The molecule has 1 aromatic rings. The first-order valence-corrected chi connectivity index (χ1v) is 5.11. The van der Waals surface area contributed by atoms with Gasteiger partial charge in [-0.05, 0) is 17.5 Å². The third kappa shape index (κ3) is 1.88. The summed E-state index contributed by atoms with van der Waals surface area (Å²) in [5.74, 6) is -0.0558. The minimum absolute atomic E-state index is 0.0219. The van der Waals surface area contributed by atoms with Crippen molar-refractivity contribution in [2.24, 2.45) is 11.7 Å². The Bertz CT molecular complexity index is 376. The van der Waals surface area contributed by atoms with Crippen LogP contribution >= 0.6 is 0 Å². The van der Waals surface area contributed by atoms with E-state index in [0.29, 0.717) is 6.42 Å². The van der Waals surface area contributed by atoms with Gasteiger partial charge in [0.05, 0.1) is 6.10 Å². The third-order valence-electron chi connectivity index (χ3n) is 2.99. The summed E-state index contributed by atoms with van der Waals surface area (Å²) in [7, 11) is 1.68. The molecule has 0 saturated carbocycles. The van der Waals surface area contributed by atoms with Crippen molar-refractivity contribution in [3.63, 3.8) is 0 Å². The Morgan fingerprint density at radius 2 is 2.27 bits per heavy atom. The van der Waals surface area contributed by atoms with Crippen molar-refractivity contribution < 1.29 is 9.53 Å². The normalized spacial score (nSPS) is 23.8. The van der Waals surface area contributed by atoms with Crippen LogP contribution < -0.4 is 5.73 Å². The number of hydrogen-bond acceptors (Lipinski definition) is 2. The Labute approximate surface area is 89.2 Å². The zero-order valence-electron chi connectivity index (χ0n) is 8.77. The highest BCUT2D eigenvalue weighted by atomic mass is 16.5. The number of nitrogens with two attached hydrogens (primary N) is 1. The molecule has 0 radical (unpaired) electrons. The van der Waals surface area contributed by atoms with E-state index < -0.39 is 0 Å². The van der Waals surface area contributed by atoms with Crippen LogP contribution in [0.4, 0.5) is 0 Å². The first-order valence-electron chi connectivity index (χ1n) is 5.11. The molecule has 1 aliphatic rings. The van der Waals surface area contributed by atoms with Gasteiger partial charge in [0.25, 0.3) is 0 Å². The van der Waals surface area contributed by atoms with E-state index in [1.54, 1.807) is 7.11 Å². The average Bonchev–Trinajstić information content (AvgIpc) is 2.53. The zero-order valence-corrected chi connectivity index (χ0v) is 8.77. The fourth-order valence-corrected chi connectivity index (χ4v) is 2.40. The minimum Gasteiger partial charge on any atom is -0.376 e. The lowest BCUT2D eigenvalue weighted by Gasteiger charge is -2.17. The van der Waals surface area contributed by atoms with Crippen LogP contribution in [0.25, 0.3) is 0 Å². The molecule has 80 valence electrons. The predicted octanol–water partition coefficient (Wildman–Crippen LogP) is 1.42. The summed E-state index contributed by atoms with van der Waals surface area (Å²) in [5, 5.41) is 0. The van der Waals surface area contributed by atoms with Crippen LogP contribution in [0.3, 0.4) is 0 Å². The van der Waals surface area contributed by atoms with Crippen LogP contribution in [-0.2, 0) is 16.0 Å². The highest BCUT2D eigenvalue weighted by Crippen LogP contribution is 2.39. The molecule has 0 fully saturated rings. The second-order valence-electron chi connectivity index (χ2n) is 3.99. The summed E-state index contributed by atoms with van der Waals surface area (Å²) in [6, 6.07) is 8.16. The summed E-state index contributed by atoms with van der Waals surface area (Å²) in [6.45, 7) is 0. The fourth-order valence-electron chi connectivity index (χ4n) is 2.40. The molecule has 15 heavy (non-hydrogen) atoms. The first kappa shape index (κ1) is 10.2. The van der Waals surface area contributed by atoms with Crippen molar-refractivity contribution in [3.8, 4) is 0 Å². The van der Waals surface area contributed by atoms with Crippen molar-refractivity contribution in [2.75, 3.05) is 7.11 Å². The van der Waals surface area contributed by atoms with Crippen molar-refractivity contribution in [3.05, 3.63) is 35.4 Å². The molecule has 1 aromatic carbocycles. The first-order chi connectivity index (χ1) is 7.22. The lowest BCUT2D eigenvalue weighted by Crippen LogP contribution is -2.20. The molecule has 3 heteroatoms. The number of hydrogen-bond donors (Lipinski definition) is 1. The lowest BCUT2D eigenvalue weighted by molar-refractivity contribution is -0.119. The summed E-state index contributed by atoms with van der Waals surface area (Å²) in [5.41, 5.74) is 7.70. The summed E-state index contributed by atoms with van der Waals surface area (Å²) in [4.78, 5) is 10.9. The smallest absolute Gasteiger partial charge is 0.217 e. The SMILES string of the molecule is COC1c2ccccc2CC1CC(N)=O. The van der Waals surface area contributed by atoms with Gasteiger partial charge < -0.3 is 10.5 Å². The predicted molar refractivity (Wildman–Crippen MR) is 57.2 cm³/mol. The molecule has 3 nitrogen and oxygen atoms in total. The molecule has 1 aliphatic carbocycles. The maximum absolute atomic E-state index is 10.9. The van der Waals surface area contributed by atoms with Gasteiger partial charge in [0.1, 0.15) is 0 Å². The molecule has 2 N–H and O–H groups in total. The summed E-state index contributed by atoms with van der Waals surface area (Å²) in [6.07, 6.45) is 1.30. The van der Waals surface area contributed by atoms with Crippen LogP contribution in [0.1, 0.15) is 23.7 Å². The average molecular weight is 205 g/mol. The minimum atomic E-state index is -0.255. The molecule has 2 rings (SSSR count). The standard InChI is InChI=1S/C12H15NO2/c1-15-12-9(7-11(13)14)6-8-4-2-3-5-10(8)12/h2-5,9,12H,6-7H2,1H3,(H2,13,14). The Kier molecular flexibility index (Phi) is 2.73. The van der Waals surface area contributed by atoms with Gasteiger partial charge in [0, 0.05) is 19.4 Å². The topological polar surface area (TPSA) is 52.3 Å². The highest BCUT2D eigenvalue weighted by molar-refractivity contribution is 5.74. The number of carbonyl (C=O) groups is 1. The van der Waals surface area contributed by atoms with Gasteiger partial charge in [-0.3, -0.25) is 4.79 Å². The molecular formula is C12H15NO2. The van der Waals surface area contributed by atoms with E-state index in [1.807, 2.05) is 12.1 Å². The van der Waals surface area contributed by atoms with E-state index in [2.05, 4.69) is 12.1 Å². The summed E-state index contributed by atoms with van der Waals surface area (Å²) < 4.78 is 5.44. The number of benzene rings is 1. The number of carbonyl (C=O) groups excluding carboxylic acids is 1. The molecule has 0 saturated heterocycles. The Balaban J connectivity index is 2.24. The molecule has 0 spiro atoms. The summed E-state index contributed by atoms with van der Waals surface area (Å²) >= 11 is 0. The maximum Gasteiger partial charge on any atom is 0.217 e. The maximum atomic E-state index is 10.9. The molecule has 1 amide bonds. The van der Waals surface area contributed by atoms with Crippen molar-refractivity contribution >= 4 is 5.91 Å². The number of ether oxygens (including phenoxy) is 1. The van der Waals surface area contributed by atoms with Gasteiger partial charge in [-0.1, -0.05) is 24.3 Å². The number of primary amides is 1. The van der Waals surface area contributed by atoms with Crippen molar-refractivity contribution in [2.45, 2.75) is 18.9 Å². The van der Waals surface area contributed by atoms with Crippen LogP contribution in [0.2, 0.25) is 0 Å².